The second kappa shape index (κ2) is 8.80. The number of esters is 1. The van der Waals surface area contributed by atoms with E-state index in [4.69, 9.17) is 24.6 Å². The molecule has 1 rings (SSSR count). The molecule has 1 aromatic rings. The van der Waals surface area contributed by atoms with Gasteiger partial charge >= 0.3 is 11.9 Å². The van der Waals surface area contributed by atoms with Crippen LogP contribution >= 0.6 is 15.9 Å². The number of carboxylic acids is 1. The lowest BCUT2D eigenvalue weighted by molar-refractivity contribution is -0.139. The SMILES string of the molecule is CCOC(=O)/C(C#N)=C\c1cc(Br)c(OCC(=O)O)c(OC)c1. The van der Waals surface area contributed by atoms with Crippen LogP contribution in [0.5, 0.6) is 11.5 Å². The summed E-state index contributed by atoms with van der Waals surface area (Å²) in [5.74, 6) is -1.39. The molecule has 0 amide bonds. The zero-order valence-electron chi connectivity index (χ0n) is 12.5. The molecule has 0 spiro atoms. The van der Waals surface area contributed by atoms with Gasteiger partial charge in [-0.1, -0.05) is 0 Å². The summed E-state index contributed by atoms with van der Waals surface area (Å²) >= 11 is 3.24. The molecule has 0 heterocycles. The Morgan fingerprint density at radius 2 is 2.13 bits per heavy atom. The molecule has 0 radical (unpaired) electrons. The number of ether oxygens (including phenoxy) is 3. The number of hydrogen-bond donors (Lipinski definition) is 1. The first-order valence-electron chi connectivity index (χ1n) is 6.44. The van der Waals surface area contributed by atoms with E-state index in [-0.39, 0.29) is 23.7 Å². The van der Waals surface area contributed by atoms with Crippen LogP contribution in [0.1, 0.15) is 12.5 Å². The van der Waals surface area contributed by atoms with Crippen molar-refractivity contribution in [3.63, 3.8) is 0 Å². The van der Waals surface area contributed by atoms with Crippen LogP contribution in [0, 0.1) is 11.3 Å². The Hall–Kier alpha value is -2.53. The zero-order valence-corrected chi connectivity index (χ0v) is 14.0. The molecule has 0 unspecified atom stereocenters. The number of carbonyl (C=O) groups excluding carboxylic acids is 1. The lowest BCUT2D eigenvalue weighted by atomic mass is 10.1. The minimum absolute atomic E-state index is 0.160. The van der Waals surface area contributed by atoms with E-state index in [0.29, 0.717) is 10.0 Å². The van der Waals surface area contributed by atoms with E-state index in [0.717, 1.165) is 0 Å². The van der Waals surface area contributed by atoms with Gasteiger partial charge in [-0.2, -0.15) is 5.26 Å². The van der Waals surface area contributed by atoms with Gasteiger partial charge in [0.05, 0.1) is 18.2 Å². The van der Waals surface area contributed by atoms with E-state index < -0.39 is 18.5 Å². The summed E-state index contributed by atoms with van der Waals surface area (Å²) in [6.07, 6.45) is 1.34. The summed E-state index contributed by atoms with van der Waals surface area (Å²) in [5, 5.41) is 17.7. The van der Waals surface area contributed by atoms with Crippen molar-refractivity contribution >= 4 is 33.9 Å². The van der Waals surface area contributed by atoms with Gasteiger partial charge in [-0.05, 0) is 46.6 Å². The molecule has 0 aromatic heterocycles. The molecule has 0 bridgehead atoms. The second-order valence-corrected chi connectivity index (χ2v) is 4.96. The number of carbonyl (C=O) groups is 2. The Balaban J connectivity index is 3.20. The standard InChI is InChI=1S/C15H14BrNO6/c1-3-22-15(20)10(7-17)4-9-5-11(16)14(12(6-9)21-2)23-8-13(18)19/h4-6H,3,8H2,1-2H3,(H,18,19)/b10-4-. The number of benzene rings is 1. The number of nitriles is 1. The number of hydrogen-bond acceptors (Lipinski definition) is 6. The molecule has 0 aliphatic rings. The second-order valence-electron chi connectivity index (χ2n) is 4.11. The van der Waals surface area contributed by atoms with Crippen molar-refractivity contribution < 1.29 is 28.9 Å². The van der Waals surface area contributed by atoms with Gasteiger partial charge in [0.15, 0.2) is 18.1 Å². The summed E-state index contributed by atoms with van der Waals surface area (Å²) < 4.78 is 15.5. The highest BCUT2D eigenvalue weighted by molar-refractivity contribution is 9.10. The number of methoxy groups -OCH3 is 1. The largest absolute Gasteiger partial charge is 0.493 e. The minimum Gasteiger partial charge on any atom is -0.493 e. The quantitative estimate of drug-likeness (QED) is 0.437. The molecule has 122 valence electrons. The Morgan fingerprint density at radius 3 is 2.65 bits per heavy atom. The fraction of sp³-hybridized carbons (Fsp3) is 0.267. The average Bonchev–Trinajstić information content (AvgIpc) is 2.50. The van der Waals surface area contributed by atoms with Crippen LogP contribution < -0.4 is 9.47 Å². The van der Waals surface area contributed by atoms with Gasteiger partial charge in [-0.15, -0.1) is 0 Å². The summed E-state index contributed by atoms with van der Waals surface area (Å²) in [4.78, 5) is 22.2. The Morgan fingerprint density at radius 1 is 1.43 bits per heavy atom. The molecular formula is C15H14BrNO6. The van der Waals surface area contributed by atoms with Crippen molar-refractivity contribution in [2.45, 2.75) is 6.92 Å². The summed E-state index contributed by atoms with van der Waals surface area (Å²) in [6, 6.07) is 4.85. The van der Waals surface area contributed by atoms with Gasteiger partial charge in [0.2, 0.25) is 0 Å². The topological polar surface area (TPSA) is 106 Å². The van der Waals surface area contributed by atoms with Gasteiger partial charge in [0.1, 0.15) is 11.6 Å². The van der Waals surface area contributed by atoms with Crippen molar-refractivity contribution in [3.05, 3.63) is 27.7 Å². The van der Waals surface area contributed by atoms with Crippen LogP contribution in [0.3, 0.4) is 0 Å². The van der Waals surface area contributed by atoms with Crippen LogP contribution in [0.2, 0.25) is 0 Å². The highest BCUT2D eigenvalue weighted by atomic mass is 79.9. The molecule has 1 aromatic carbocycles. The zero-order chi connectivity index (χ0) is 17.4. The highest BCUT2D eigenvalue weighted by Gasteiger charge is 2.15. The van der Waals surface area contributed by atoms with E-state index >= 15 is 0 Å². The van der Waals surface area contributed by atoms with Crippen LogP contribution in [0.15, 0.2) is 22.2 Å². The van der Waals surface area contributed by atoms with Gasteiger partial charge in [-0.25, -0.2) is 9.59 Å². The smallest absolute Gasteiger partial charge is 0.348 e. The van der Waals surface area contributed by atoms with E-state index in [1.54, 1.807) is 19.1 Å². The lowest BCUT2D eigenvalue weighted by Crippen LogP contribution is -2.10. The molecule has 0 aliphatic carbocycles. The molecule has 0 fully saturated rings. The normalized spacial score (nSPS) is 10.6. The van der Waals surface area contributed by atoms with Gasteiger partial charge in [0.25, 0.3) is 0 Å². The number of halogens is 1. The Labute approximate surface area is 141 Å². The van der Waals surface area contributed by atoms with E-state index in [1.165, 1.54) is 19.3 Å². The van der Waals surface area contributed by atoms with Crippen LogP contribution in [-0.2, 0) is 14.3 Å². The third kappa shape index (κ3) is 5.30. The molecule has 0 atom stereocenters. The fourth-order valence-electron chi connectivity index (χ4n) is 1.61. The van der Waals surface area contributed by atoms with E-state index in [1.807, 2.05) is 0 Å². The molecule has 8 heteroatoms. The molecule has 0 saturated heterocycles. The molecule has 0 saturated carbocycles. The summed E-state index contributed by atoms with van der Waals surface area (Å²) in [7, 11) is 1.39. The number of nitrogens with zero attached hydrogens (tertiary/aromatic N) is 1. The van der Waals surface area contributed by atoms with Crippen molar-refractivity contribution in [3.8, 4) is 17.6 Å². The number of aliphatic carboxylic acids is 1. The predicted molar refractivity (Wildman–Crippen MR) is 84.0 cm³/mol. The molecule has 1 N–H and O–H groups in total. The van der Waals surface area contributed by atoms with Crippen LogP contribution in [0.4, 0.5) is 0 Å². The third-order valence-electron chi connectivity index (χ3n) is 2.52. The highest BCUT2D eigenvalue weighted by Crippen LogP contribution is 2.37. The summed E-state index contributed by atoms with van der Waals surface area (Å²) in [6.45, 7) is 1.27. The maximum absolute atomic E-state index is 11.6. The fourth-order valence-corrected chi connectivity index (χ4v) is 2.18. The van der Waals surface area contributed by atoms with Crippen LogP contribution in [0.25, 0.3) is 6.08 Å². The monoisotopic (exact) mass is 383 g/mol. The third-order valence-corrected chi connectivity index (χ3v) is 3.11. The molecular weight excluding hydrogens is 370 g/mol. The Kier molecular flexibility index (Phi) is 7.09. The number of carboxylic acid groups (broad SMARTS) is 1. The first-order valence-corrected chi connectivity index (χ1v) is 7.23. The lowest BCUT2D eigenvalue weighted by Gasteiger charge is -2.12. The first-order chi connectivity index (χ1) is 10.9. The minimum atomic E-state index is -1.13. The summed E-state index contributed by atoms with van der Waals surface area (Å²) in [5.41, 5.74) is 0.320. The van der Waals surface area contributed by atoms with E-state index in [2.05, 4.69) is 15.9 Å². The van der Waals surface area contributed by atoms with Gasteiger partial charge < -0.3 is 19.3 Å². The number of rotatable bonds is 7. The predicted octanol–water partition coefficient (Wildman–Crippen LogP) is 2.39. The first kappa shape index (κ1) is 18.5. The van der Waals surface area contributed by atoms with E-state index in [9.17, 15) is 9.59 Å². The van der Waals surface area contributed by atoms with Crippen molar-refractivity contribution in [2.24, 2.45) is 0 Å². The van der Waals surface area contributed by atoms with Crippen molar-refractivity contribution in [1.82, 2.24) is 0 Å². The van der Waals surface area contributed by atoms with Gasteiger partial charge in [0, 0.05) is 0 Å². The molecule has 23 heavy (non-hydrogen) atoms. The van der Waals surface area contributed by atoms with Crippen LogP contribution in [-0.4, -0.2) is 37.4 Å². The Bertz CT molecular complexity index is 677. The molecule has 0 aliphatic heterocycles. The maximum atomic E-state index is 11.6. The molecule has 7 nitrogen and oxygen atoms in total. The van der Waals surface area contributed by atoms with Crippen molar-refractivity contribution in [1.29, 1.82) is 5.26 Å². The van der Waals surface area contributed by atoms with Crippen molar-refractivity contribution in [2.75, 3.05) is 20.3 Å². The average molecular weight is 384 g/mol. The maximum Gasteiger partial charge on any atom is 0.348 e. The van der Waals surface area contributed by atoms with Gasteiger partial charge in [-0.3, -0.25) is 0 Å².